The summed E-state index contributed by atoms with van der Waals surface area (Å²) in [6, 6.07) is 22.4. The fourth-order valence-corrected chi connectivity index (χ4v) is 6.35. The van der Waals surface area contributed by atoms with Gasteiger partial charge in [0.15, 0.2) is 0 Å². The summed E-state index contributed by atoms with van der Waals surface area (Å²) >= 11 is 0. The number of para-hydroxylation sites is 1. The number of carbonyl (C=O) groups excluding carboxylic acids is 1. The van der Waals surface area contributed by atoms with Crippen molar-refractivity contribution in [3.05, 3.63) is 101 Å². The van der Waals surface area contributed by atoms with Crippen LogP contribution in [-0.2, 0) is 32.4 Å². The first-order chi connectivity index (χ1) is 17.6. The standard InChI is InChI=1S/C31H35NO4S/c1-21(2)20-25-12-14-26(15-13-25)23(4)31(33)36-19-18-29-24(5)28-8-6-7-9-30(28)32(29)37(34,35)27-16-10-22(3)11-17-27/h6-17,21,23H,18-20H2,1-5H3. The molecule has 3 aromatic carbocycles. The molecule has 4 rings (SSSR count). The lowest BCUT2D eigenvalue weighted by molar-refractivity contribution is -0.144. The van der Waals surface area contributed by atoms with Gasteiger partial charge in [-0.05, 0) is 68.0 Å². The van der Waals surface area contributed by atoms with Gasteiger partial charge in [-0.3, -0.25) is 4.79 Å². The van der Waals surface area contributed by atoms with Crippen LogP contribution in [0.1, 0.15) is 54.6 Å². The maximum Gasteiger partial charge on any atom is 0.313 e. The lowest BCUT2D eigenvalue weighted by Crippen LogP contribution is -2.19. The number of ether oxygens (including phenoxy) is 1. The molecule has 194 valence electrons. The first-order valence-corrected chi connectivity index (χ1v) is 14.2. The normalized spacial score (nSPS) is 12.7. The van der Waals surface area contributed by atoms with Gasteiger partial charge in [0.1, 0.15) is 0 Å². The zero-order valence-electron chi connectivity index (χ0n) is 22.2. The van der Waals surface area contributed by atoms with Crippen molar-refractivity contribution >= 4 is 26.9 Å². The molecule has 0 N–H and O–H groups in total. The number of benzene rings is 3. The largest absolute Gasteiger partial charge is 0.465 e. The Labute approximate surface area is 220 Å². The van der Waals surface area contributed by atoms with Gasteiger partial charge in [0.05, 0.1) is 22.9 Å². The van der Waals surface area contributed by atoms with Crippen LogP contribution in [0, 0.1) is 19.8 Å². The minimum atomic E-state index is -3.84. The average Bonchev–Trinajstić information content (AvgIpc) is 3.16. The summed E-state index contributed by atoms with van der Waals surface area (Å²) in [4.78, 5) is 13.1. The van der Waals surface area contributed by atoms with Gasteiger partial charge in [-0.25, -0.2) is 12.4 Å². The molecule has 1 unspecified atom stereocenters. The van der Waals surface area contributed by atoms with Crippen LogP contribution in [0.2, 0.25) is 0 Å². The molecule has 1 aromatic heterocycles. The molecule has 1 heterocycles. The minimum Gasteiger partial charge on any atom is -0.465 e. The number of aryl methyl sites for hydroxylation is 2. The maximum absolute atomic E-state index is 13.7. The van der Waals surface area contributed by atoms with E-state index in [4.69, 9.17) is 4.74 Å². The number of hydrogen-bond donors (Lipinski definition) is 0. The Kier molecular flexibility index (Phi) is 7.88. The second kappa shape index (κ2) is 10.9. The van der Waals surface area contributed by atoms with Crippen LogP contribution in [0.4, 0.5) is 0 Å². The number of aromatic nitrogens is 1. The van der Waals surface area contributed by atoms with E-state index in [1.807, 2.05) is 57.2 Å². The molecule has 0 saturated carbocycles. The van der Waals surface area contributed by atoms with Crippen molar-refractivity contribution in [3.63, 3.8) is 0 Å². The van der Waals surface area contributed by atoms with E-state index in [0.717, 1.165) is 28.5 Å². The number of rotatable bonds is 9. The molecule has 0 spiro atoms. The molecule has 0 bridgehead atoms. The maximum atomic E-state index is 13.7. The van der Waals surface area contributed by atoms with E-state index in [1.54, 1.807) is 24.3 Å². The van der Waals surface area contributed by atoms with E-state index >= 15 is 0 Å². The Morgan fingerprint density at radius 1 is 0.892 bits per heavy atom. The Bertz CT molecular complexity index is 1500. The number of nitrogens with zero attached hydrogens (tertiary/aromatic N) is 1. The summed E-state index contributed by atoms with van der Waals surface area (Å²) in [5.41, 5.74) is 5.26. The Hall–Kier alpha value is -3.38. The molecule has 0 saturated heterocycles. The Morgan fingerprint density at radius 3 is 2.19 bits per heavy atom. The topological polar surface area (TPSA) is 65.4 Å². The molecule has 1 atom stereocenters. The minimum absolute atomic E-state index is 0.0924. The fraction of sp³-hybridized carbons (Fsp3) is 0.323. The molecule has 4 aromatic rings. The zero-order chi connectivity index (χ0) is 26.7. The molecule has 5 nitrogen and oxygen atoms in total. The second-order valence-corrected chi connectivity index (χ2v) is 11.9. The predicted molar refractivity (Wildman–Crippen MR) is 148 cm³/mol. The third kappa shape index (κ3) is 5.64. The monoisotopic (exact) mass is 517 g/mol. The third-order valence-corrected chi connectivity index (χ3v) is 8.59. The number of hydrogen-bond acceptors (Lipinski definition) is 4. The van der Waals surface area contributed by atoms with Gasteiger partial charge < -0.3 is 4.74 Å². The zero-order valence-corrected chi connectivity index (χ0v) is 23.0. The summed E-state index contributed by atoms with van der Waals surface area (Å²) in [5, 5.41) is 0.870. The second-order valence-electron chi connectivity index (χ2n) is 10.2. The van der Waals surface area contributed by atoms with E-state index in [1.165, 1.54) is 9.54 Å². The van der Waals surface area contributed by atoms with Crippen molar-refractivity contribution in [1.82, 2.24) is 3.97 Å². The lowest BCUT2D eigenvalue weighted by atomic mass is 9.97. The number of carbonyl (C=O) groups is 1. The van der Waals surface area contributed by atoms with Crippen molar-refractivity contribution < 1.29 is 17.9 Å². The smallest absolute Gasteiger partial charge is 0.313 e. The van der Waals surface area contributed by atoms with Gasteiger partial charge in [0.25, 0.3) is 10.0 Å². The molecule has 0 aliphatic carbocycles. The SMILES string of the molecule is Cc1ccc(S(=O)(=O)n2c(CCOC(=O)C(C)c3ccc(CC(C)C)cc3)c(C)c3ccccc32)cc1. The molecule has 6 heteroatoms. The van der Waals surface area contributed by atoms with Crippen molar-refractivity contribution in [2.75, 3.05) is 6.61 Å². The fourth-order valence-electron chi connectivity index (χ4n) is 4.72. The van der Waals surface area contributed by atoms with Crippen LogP contribution < -0.4 is 0 Å². The van der Waals surface area contributed by atoms with Gasteiger partial charge in [0, 0.05) is 17.5 Å². The van der Waals surface area contributed by atoms with Crippen LogP contribution in [0.25, 0.3) is 10.9 Å². The van der Waals surface area contributed by atoms with Gasteiger partial charge in [-0.2, -0.15) is 0 Å². The van der Waals surface area contributed by atoms with Crippen molar-refractivity contribution in [2.45, 2.75) is 58.3 Å². The van der Waals surface area contributed by atoms with Crippen molar-refractivity contribution in [1.29, 1.82) is 0 Å². The molecular weight excluding hydrogens is 482 g/mol. The van der Waals surface area contributed by atoms with Crippen LogP contribution in [-0.4, -0.2) is 25.0 Å². The van der Waals surface area contributed by atoms with Crippen LogP contribution >= 0.6 is 0 Å². The average molecular weight is 518 g/mol. The van der Waals surface area contributed by atoms with Crippen LogP contribution in [0.15, 0.2) is 77.7 Å². The first-order valence-electron chi connectivity index (χ1n) is 12.8. The van der Waals surface area contributed by atoms with Crippen molar-refractivity contribution in [3.8, 4) is 0 Å². The Balaban J connectivity index is 1.55. The molecule has 0 fully saturated rings. The number of esters is 1. The Morgan fingerprint density at radius 2 is 1.54 bits per heavy atom. The highest BCUT2D eigenvalue weighted by atomic mass is 32.2. The molecule has 0 aliphatic heterocycles. The predicted octanol–water partition coefficient (Wildman–Crippen LogP) is 6.58. The highest BCUT2D eigenvalue weighted by Crippen LogP contribution is 2.30. The molecular formula is C31H35NO4S. The van der Waals surface area contributed by atoms with Gasteiger partial charge in [-0.1, -0.05) is 74.0 Å². The van der Waals surface area contributed by atoms with Crippen LogP contribution in [0.3, 0.4) is 0 Å². The quantitative estimate of drug-likeness (QED) is 0.235. The van der Waals surface area contributed by atoms with E-state index < -0.39 is 15.9 Å². The van der Waals surface area contributed by atoms with E-state index in [0.29, 0.717) is 17.1 Å². The molecule has 0 radical (unpaired) electrons. The third-order valence-electron chi connectivity index (χ3n) is 6.82. The molecule has 0 aliphatic rings. The highest BCUT2D eigenvalue weighted by molar-refractivity contribution is 7.90. The highest BCUT2D eigenvalue weighted by Gasteiger charge is 2.26. The van der Waals surface area contributed by atoms with E-state index in [9.17, 15) is 13.2 Å². The summed E-state index contributed by atoms with van der Waals surface area (Å²) in [5.74, 6) is -0.156. The van der Waals surface area contributed by atoms with Gasteiger partial charge >= 0.3 is 5.97 Å². The number of fused-ring (bicyclic) bond motifs is 1. The first kappa shape index (κ1) is 26.7. The van der Waals surface area contributed by atoms with E-state index in [2.05, 4.69) is 26.0 Å². The van der Waals surface area contributed by atoms with Gasteiger partial charge in [0.2, 0.25) is 0 Å². The summed E-state index contributed by atoms with van der Waals surface area (Å²) in [7, 11) is -3.84. The van der Waals surface area contributed by atoms with Crippen LogP contribution in [0.5, 0.6) is 0 Å². The summed E-state index contributed by atoms with van der Waals surface area (Å²) in [6.45, 7) is 10.1. The molecule has 0 amide bonds. The summed E-state index contributed by atoms with van der Waals surface area (Å²) in [6.07, 6.45) is 1.29. The molecule has 37 heavy (non-hydrogen) atoms. The van der Waals surface area contributed by atoms with E-state index in [-0.39, 0.29) is 23.9 Å². The summed E-state index contributed by atoms with van der Waals surface area (Å²) < 4.78 is 34.5. The van der Waals surface area contributed by atoms with Crippen molar-refractivity contribution in [2.24, 2.45) is 5.92 Å². The lowest BCUT2D eigenvalue weighted by Gasteiger charge is -2.15. The van der Waals surface area contributed by atoms with Gasteiger partial charge in [-0.15, -0.1) is 0 Å².